The van der Waals surface area contributed by atoms with Gasteiger partial charge in [0.25, 0.3) is 0 Å². The molecular weight excluding hydrogens is 364 g/mol. The molecule has 1 aliphatic heterocycles. The Bertz CT molecular complexity index is 793. The van der Waals surface area contributed by atoms with E-state index in [2.05, 4.69) is 0 Å². The first-order chi connectivity index (χ1) is 11.6. The second-order valence-corrected chi connectivity index (χ2v) is 8.93. The molecule has 1 aliphatic rings. The van der Waals surface area contributed by atoms with Crippen LogP contribution in [0, 0.1) is 23.2 Å². The van der Waals surface area contributed by atoms with E-state index < -0.39 is 22.1 Å². The van der Waals surface area contributed by atoms with Gasteiger partial charge < -0.3 is 4.74 Å². The number of esters is 1. The maximum Gasteiger partial charge on any atom is 0.340 e. The van der Waals surface area contributed by atoms with Crippen LogP contribution in [0.4, 0.5) is 0 Å². The van der Waals surface area contributed by atoms with E-state index in [1.165, 1.54) is 29.4 Å². The summed E-state index contributed by atoms with van der Waals surface area (Å²) in [5.74, 6) is -0.282. The van der Waals surface area contributed by atoms with E-state index in [1.807, 2.05) is 13.8 Å². The van der Waals surface area contributed by atoms with Gasteiger partial charge in [0, 0.05) is 13.1 Å². The largest absolute Gasteiger partial charge is 0.444 e. The molecule has 1 fully saturated rings. The molecule has 25 heavy (non-hydrogen) atoms. The zero-order valence-corrected chi connectivity index (χ0v) is 16.0. The molecule has 0 aromatic heterocycles. The second kappa shape index (κ2) is 7.73. The topological polar surface area (TPSA) is 87.5 Å². The lowest BCUT2D eigenvalue weighted by atomic mass is 9.94. The number of benzene rings is 1. The van der Waals surface area contributed by atoms with E-state index in [0.717, 1.165) is 6.42 Å². The van der Waals surface area contributed by atoms with Gasteiger partial charge in [0.1, 0.15) is 6.07 Å². The van der Waals surface area contributed by atoms with Crippen LogP contribution in [0.5, 0.6) is 0 Å². The summed E-state index contributed by atoms with van der Waals surface area (Å²) >= 11 is 6.01. The van der Waals surface area contributed by atoms with Crippen molar-refractivity contribution in [2.24, 2.45) is 11.8 Å². The highest BCUT2D eigenvalue weighted by Crippen LogP contribution is 2.29. The number of carbonyl (C=O) groups excluding carboxylic acids is 1. The van der Waals surface area contributed by atoms with Crippen molar-refractivity contribution in [3.63, 3.8) is 0 Å². The molecule has 0 spiro atoms. The fourth-order valence-electron chi connectivity index (χ4n) is 3.02. The monoisotopic (exact) mass is 384 g/mol. The molecular formula is C17H21ClN2O4S. The van der Waals surface area contributed by atoms with Crippen LogP contribution in [-0.2, 0) is 14.8 Å². The summed E-state index contributed by atoms with van der Waals surface area (Å²) in [6, 6.07) is 5.74. The van der Waals surface area contributed by atoms with Crippen LogP contribution < -0.4 is 0 Å². The van der Waals surface area contributed by atoms with Crippen LogP contribution in [0.25, 0.3) is 0 Å². The molecule has 0 aliphatic carbocycles. The van der Waals surface area contributed by atoms with Crippen LogP contribution in [-0.4, -0.2) is 37.9 Å². The SMILES string of the molecule is C[C@@H]1C[C@H](C)CN(S(=O)(=O)c2ccc(Cl)c(C(=O)O[C@@H](C)C#N)c2)C1. The van der Waals surface area contributed by atoms with Crippen molar-refractivity contribution < 1.29 is 17.9 Å². The predicted octanol–water partition coefficient (Wildman–Crippen LogP) is 3.08. The maximum atomic E-state index is 12.9. The van der Waals surface area contributed by atoms with Gasteiger partial charge in [-0.3, -0.25) is 0 Å². The third kappa shape index (κ3) is 4.51. The Labute approximate surface area is 153 Å². The molecule has 0 bridgehead atoms. The number of hydrogen-bond acceptors (Lipinski definition) is 5. The molecule has 0 radical (unpaired) electrons. The van der Waals surface area contributed by atoms with Crippen molar-refractivity contribution >= 4 is 27.6 Å². The second-order valence-electron chi connectivity index (χ2n) is 6.59. The van der Waals surface area contributed by atoms with Crippen molar-refractivity contribution in [1.82, 2.24) is 4.31 Å². The Balaban J connectivity index is 2.35. The van der Waals surface area contributed by atoms with Gasteiger partial charge in [0.15, 0.2) is 6.10 Å². The Kier molecular flexibility index (Phi) is 6.09. The number of sulfonamides is 1. The van der Waals surface area contributed by atoms with Crippen LogP contribution >= 0.6 is 11.6 Å². The van der Waals surface area contributed by atoms with Gasteiger partial charge in [-0.05, 0) is 43.4 Å². The molecule has 136 valence electrons. The Morgan fingerprint density at radius 3 is 2.52 bits per heavy atom. The van der Waals surface area contributed by atoms with Crippen molar-refractivity contribution in [3.8, 4) is 6.07 Å². The summed E-state index contributed by atoms with van der Waals surface area (Å²) in [6.45, 7) is 6.35. The van der Waals surface area contributed by atoms with Gasteiger partial charge in [-0.2, -0.15) is 9.57 Å². The minimum atomic E-state index is -3.73. The first-order valence-electron chi connectivity index (χ1n) is 8.05. The molecule has 0 N–H and O–H groups in total. The first kappa shape index (κ1) is 19.7. The van der Waals surface area contributed by atoms with E-state index in [-0.39, 0.29) is 27.3 Å². The van der Waals surface area contributed by atoms with E-state index in [9.17, 15) is 13.2 Å². The first-order valence-corrected chi connectivity index (χ1v) is 9.87. The number of rotatable bonds is 4. The number of halogens is 1. The Hall–Kier alpha value is -1.62. The van der Waals surface area contributed by atoms with E-state index in [0.29, 0.717) is 13.1 Å². The third-order valence-electron chi connectivity index (χ3n) is 4.10. The zero-order valence-electron chi connectivity index (χ0n) is 14.4. The number of carbonyl (C=O) groups is 1. The summed E-state index contributed by atoms with van der Waals surface area (Å²) in [4.78, 5) is 12.1. The lowest BCUT2D eigenvalue weighted by Gasteiger charge is -2.34. The summed E-state index contributed by atoms with van der Waals surface area (Å²) in [6.07, 6.45) is 0.0311. The van der Waals surface area contributed by atoms with Crippen LogP contribution in [0.2, 0.25) is 5.02 Å². The normalized spacial score (nSPS) is 22.8. The molecule has 0 unspecified atom stereocenters. The van der Waals surface area contributed by atoms with Crippen molar-refractivity contribution in [1.29, 1.82) is 5.26 Å². The smallest absolute Gasteiger partial charge is 0.340 e. The molecule has 1 aromatic carbocycles. The van der Waals surface area contributed by atoms with Gasteiger partial charge in [0.2, 0.25) is 10.0 Å². The molecule has 2 rings (SSSR count). The number of nitrogens with zero attached hydrogens (tertiary/aromatic N) is 2. The van der Waals surface area contributed by atoms with Gasteiger partial charge in [-0.25, -0.2) is 13.2 Å². The maximum absolute atomic E-state index is 12.9. The highest BCUT2D eigenvalue weighted by Gasteiger charge is 2.32. The number of ether oxygens (including phenoxy) is 1. The highest BCUT2D eigenvalue weighted by atomic mass is 35.5. The number of piperidine rings is 1. The Morgan fingerprint density at radius 2 is 1.96 bits per heavy atom. The third-order valence-corrected chi connectivity index (χ3v) is 6.25. The average molecular weight is 385 g/mol. The van der Waals surface area contributed by atoms with Crippen molar-refractivity contribution in [2.75, 3.05) is 13.1 Å². The standard InChI is InChI=1S/C17H21ClN2O4S/c1-11-6-12(2)10-20(9-11)25(22,23)14-4-5-16(18)15(7-14)17(21)24-13(3)8-19/h4-5,7,11-13H,6,9-10H2,1-3H3/t11-,12+,13-/m0/s1. The summed E-state index contributed by atoms with van der Waals surface area (Å²) < 4.78 is 32.2. The molecule has 1 saturated heterocycles. The molecule has 1 heterocycles. The molecule has 3 atom stereocenters. The Morgan fingerprint density at radius 1 is 1.36 bits per heavy atom. The highest BCUT2D eigenvalue weighted by molar-refractivity contribution is 7.89. The van der Waals surface area contributed by atoms with Gasteiger partial charge in [0.05, 0.1) is 15.5 Å². The molecule has 6 nitrogen and oxygen atoms in total. The van der Waals surface area contributed by atoms with Crippen LogP contribution in [0.1, 0.15) is 37.6 Å². The van der Waals surface area contributed by atoms with E-state index in [4.69, 9.17) is 21.6 Å². The lowest BCUT2D eigenvalue weighted by Crippen LogP contribution is -2.42. The van der Waals surface area contributed by atoms with E-state index >= 15 is 0 Å². The zero-order chi connectivity index (χ0) is 18.8. The van der Waals surface area contributed by atoms with Crippen molar-refractivity contribution in [3.05, 3.63) is 28.8 Å². The van der Waals surface area contributed by atoms with Gasteiger partial charge in [-0.15, -0.1) is 0 Å². The van der Waals surface area contributed by atoms with E-state index in [1.54, 1.807) is 6.07 Å². The van der Waals surface area contributed by atoms with Crippen LogP contribution in [0.3, 0.4) is 0 Å². The number of hydrogen-bond donors (Lipinski definition) is 0. The molecule has 0 amide bonds. The summed E-state index contributed by atoms with van der Waals surface area (Å²) in [5.41, 5.74) is -0.0667. The fraction of sp³-hybridized carbons (Fsp3) is 0.529. The van der Waals surface area contributed by atoms with Crippen LogP contribution in [0.15, 0.2) is 23.1 Å². The predicted molar refractivity (Wildman–Crippen MR) is 93.6 cm³/mol. The van der Waals surface area contributed by atoms with Crippen molar-refractivity contribution in [2.45, 2.75) is 38.2 Å². The lowest BCUT2D eigenvalue weighted by molar-refractivity contribution is 0.0435. The minimum Gasteiger partial charge on any atom is -0.444 e. The quantitative estimate of drug-likeness (QED) is 0.744. The molecule has 1 aromatic rings. The summed E-state index contributed by atoms with van der Waals surface area (Å²) in [5, 5.41) is 8.82. The minimum absolute atomic E-state index is 0.00485. The molecule has 0 saturated carbocycles. The molecule has 8 heteroatoms. The van der Waals surface area contributed by atoms with Gasteiger partial charge in [-0.1, -0.05) is 25.4 Å². The average Bonchev–Trinajstić information content (AvgIpc) is 2.53. The fourth-order valence-corrected chi connectivity index (χ4v) is 4.92. The van der Waals surface area contributed by atoms with Gasteiger partial charge >= 0.3 is 5.97 Å². The number of nitriles is 1. The summed E-state index contributed by atoms with van der Waals surface area (Å²) in [7, 11) is -3.73.